The first kappa shape index (κ1) is 15.2. The van der Waals surface area contributed by atoms with Crippen molar-refractivity contribution in [1.82, 2.24) is 0 Å². The summed E-state index contributed by atoms with van der Waals surface area (Å²) in [5.74, 6) is 5.43. The SMILES string of the molecule is CCC1=CCC2C3CCC4CC(O)CC[C@]4(C)C3C[C@@H](C)C12. The first-order chi connectivity index (χ1) is 10.5. The summed E-state index contributed by atoms with van der Waals surface area (Å²) in [6, 6.07) is 0. The van der Waals surface area contributed by atoms with Gasteiger partial charge in [0.05, 0.1) is 6.10 Å². The molecule has 0 spiro atoms. The van der Waals surface area contributed by atoms with Crippen LogP contribution < -0.4 is 0 Å². The van der Waals surface area contributed by atoms with E-state index in [0.29, 0.717) is 5.41 Å². The van der Waals surface area contributed by atoms with Crippen LogP contribution in [0, 0.1) is 40.9 Å². The lowest BCUT2D eigenvalue weighted by molar-refractivity contribution is -0.115. The van der Waals surface area contributed by atoms with Crippen LogP contribution in [0.25, 0.3) is 0 Å². The minimum atomic E-state index is -0.0109. The Kier molecular flexibility index (Phi) is 3.72. The van der Waals surface area contributed by atoms with Crippen molar-refractivity contribution in [3.05, 3.63) is 11.6 Å². The van der Waals surface area contributed by atoms with Crippen molar-refractivity contribution >= 4 is 0 Å². The fourth-order valence-corrected chi connectivity index (χ4v) is 7.37. The molecule has 4 aliphatic carbocycles. The van der Waals surface area contributed by atoms with Gasteiger partial charge in [-0.3, -0.25) is 0 Å². The lowest BCUT2D eigenvalue weighted by atomic mass is 9.45. The van der Waals surface area contributed by atoms with Gasteiger partial charge in [0, 0.05) is 0 Å². The van der Waals surface area contributed by atoms with Gasteiger partial charge in [0.25, 0.3) is 0 Å². The summed E-state index contributed by atoms with van der Waals surface area (Å²) in [6.07, 6.45) is 12.9. The van der Waals surface area contributed by atoms with Crippen LogP contribution in [0.5, 0.6) is 0 Å². The van der Waals surface area contributed by atoms with E-state index in [4.69, 9.17) is 0 Å². The second kappa shape index (κ2) is 5.36. The summed E-state index contributed by atoms with van der Waals surface area (Å²) in [6.45, 7) is 7.48. The Bertz CT molecular complexity index is 467. The maximum Gasteiger partial charge on any atom is 0.0543 e. The molecule has 0 heterocycles. The van der Waals surface area contributed by atoms with E-state index in [-0.39, 0.29) is 6.10 Å². The zero-order valence-electron chi connectivity index (χ0n) is 14.7. The molecule has 3 fully saturated rings. The molecule has 0 saturated heterocycles. The van der Waals surface area contributed by atoms with Crippen molar-refractivity contribution in [2.24, 2.45) is 40.9 Å². The molecule has 0 aromatic heterocycles. The standard InChI is InChI=1S/C21H34O/c1-4-14-5-7-18-17-8-6-15-12-16(22)9-10-21(15,3)19(17)11-13(2)20(14)18/h5,13,15-20,22H,4,6-12H2,1-3H3/t13-,15?,16?,17?,18?,19?,20?,21+/m1/s1. The fourth-order valence-electron chi connectivity index (χ4n) is 7.37. The van der Waals surface area contributed by atoms with Crippen LogP contribution in [-0.4, -0.2) is 11.2 Å². The molecular formula is C21H34O. The number of aliphatic hydroxyl groups excluding tert-OH is 1. The number of allylic oxidation sites excluding steroid dienone is 2. The minimum Gasteiger partial charge on any atom is -0.393 e. The maximum atomic E-state index is 10.1. The molecule has 8 atom stereocenters. The number of rotatable bonds is 1. The molecule has 0 radical (unpaired) electrons. The zero-order valence-corrected chi connectivity index (χ0v) is 14.7. The van der Waals surface area contributed by atoms with Gasteiger partial charge in [-0.05, 0) is 92.3 Å². The topological polar surface area (TPSA) is 20.2 Å². The Morgan fingerprint density at radius 1 is 1.18 bits per heavy atom. The largest absolute Gasteiger partial charge is 0.393 e. The van der Waals surface area contributed by atoms with Crippen molar-refractivity contribution in [3.63, 3.8) is 0 Å². The number of hydrogen-bond donors (Lipinski definition) is 1. The van der Waals surface area contributed by atoms with Gasteiger partial charge in [-0.25, -0.2) is 0 Å². The summed E-state index contributed by atoms with van der Waals surface area (Å²) >= 11 is 0. The Hall–Kier alpha value is -0.300. The van der Waals surface area contributed by atoms with E-state index in [1.807, 2.05) is 0 Å². The molecule has 4 rings (SSSR count). The smallest absolute Gasteiger partial charge is 0.0543 e. The van der Waals surface area contributed by atoms with E-state index >= 15 is 0 Å². The molecule has 0 aliphatic heterocycles. The molecule has 0 bridgehead atoms. The number of fused-ring (bicyclic) bond motifs is 5. The monoisotopic (exact) mass is 302 g/mol. The van der Waals surface area contributed by atoms with Gasteiger partial charge < -0.3 is 5.11 Å². The van der Waals surface area contributed by atoms with Crippen molar-refractivity contribution in [1.29, 1.82) is 0 Å². The number of hydrogen-bond acceptors (Lipinski definition) is 1. The summed E-state index contributed by atoms with van der Waals surface area (Å²) < 4.78 is 0. The van der Waals surface area contributed by atoms with Gasteiger partial charge in [-0.15, -0.1) is 0 Å². The van der Waals surface area contributed by atoms with Crippen LogP contribution in [-0.2, 0) is 0 Å². The Labute approximate surface area is 136 Å². The van der Waals surface area contributed by atoms with Crippen LogP contribution in [0.4, 0.5) is 0 Å². The first-order valence-electron chi connectivity index (χ1n) is 9.91. The Morgan fingerprint density at radius 3 is 2.77 bits per heavy atom. The average molecular weight is 303 g/mol. The number of aliphatic hydroxyl groups is 1. The third kappa shape index (κ3) is 2.07. The average Bonchev–Trinajstić information content (AvgIpc) is 2.94. The lowest BCUT2D eigenvalue weighted by Crippen LogP contribution is -2.53. The van der Waals surface area contributed by atoms with Crippen LogP contribution in [0.3, 0.4) is 0 Å². The van der Waals surface area contributed by atoms with E-state index in [9.17, 15) is 5.11 Å². The molecular weight excluding hydrogens is 268 g/mol. The third-order valence-corrected chi connectivity index (χ3v) is 8.46. The molecule has 1 nitrogen and oxygen atoms in total. The molecule has 124 valence electrons. The normalized spacial score (nSPS) is 54.2. The summed E-state index contributed by atoms with van der Waals surface area (Å²) in [5.41, 5.74) is 2.30. The molecule has 0 amide bonds. The molecule has 4 aliphatic rings. The summed E-state index contributed by atoms with van der Waals surface area (Å²) in [4.78, 5) is 0. The highest BCUT2D eigenvalue weighted by atomic mass is 16.3. The molecule has 22 heavy (non-hydrogen) atoms. The molecule has 0 aromatic carbocycles. The molecule has 0 aromatic rings. The van der Waals surface area contributed by atoms with Crippen molar-refractivity contribution in [3.8, 4) is 0 Å². The highest BCUT2D eigenvalue weighted by Gasteiger charge is 2.56. The van der Waals surface area contributed by atoms with E-state index in [0.717, 1.165) is 48.3 Å². The van der Waals surface area contributed by atoms with Gasteiger partial charge in [0.2, 0.25) is 0 Å². The van der Waals surface area contributed by atoms with E-state index in [1.165, 1.54) is 38.5 Å². The van der Waals surface area contributed by atoms with Crippen molar-refractivity contribution in [2.75, 3.05) is 0 Å². The molecule has 6 unspecified atom stereocenters. The predicted octanol–water partition coefficient (Wildman–Crippen LogP) is 5.19. The van der Waals surface area contributed by atoms with E-state index in [2.05, 4.69) is 26.8 Å². The Morgan fingerprint density at radius 2 is 2.00 bits per heavy atom. The summed E-state index contributed by atoms with van der Waals surface area (Å²) in [7, 11) is 0. The molecule has 1 N–H and O–H groups in total. The lowest BCUT2D eigenvalue weighted by Gasteiger charge is -2.60. The van der Waals surface area contributed by atoms with Gasteiger partial charge in [0.15, 0.2) is 0 Å². The highest BCUT2D eigenvalue weighted by molar-refractivity contribution is 5.20. The first-order valence-corrected chi connectivity index (χ1v) is 9.91. The quantitative estimate of drug-likeness (QED) is 0.661. The second-order valence-corrected chi connectivity index (χ2v) is 9.25. The predicted molar refractivity (Wildman–Crippen MR) is 91.4 cm³/mol. The van der Waals surface area contributed by atoms with Crippen molar-refractivity contribution in [2.45, 2.75) is 78.2 Å². The van der Waals surface area contributed by atoms with Gasteiger partial charge in [-0.2, -0.15) is 0 Å². The Balaban J connectivity index is 1.62. The zero-order chi connectivity index (χ0) is 15.5. The van der Waals surface area contributed by atoms with Crippen LogP contribution >= 0.6 is 0 Å². The fraction of sp³-hybridized carbons (Fsp3) is 0.905. The maximum absolute atomic E-state index is 10.1. The molecule has 3 saturated carbocycles. The van der Waals surface area contributed by atoms with Gasteiger partial charge in [-0.1, -0.05) is 32.4 Å². The third-order valence-electron chi connectivity index (χ3n) is 8.46. The van der Waals surface area contributed by atoms with Crippen LogP contribution in [0.2, 0.25) is 0 Å². The van der Waals surface area contributed by atoms with Crippen molar-refractivity contribution < 1.29 is 5.11 Å². The van der Waals surface area contributed by atoms with E-state index < -0.39 is 0 Å². The second-order valence-electron chi connectivity index (χ2n) is 9.25. The summed E-state index contributed by atoms with van der Waals surface area (Å²) in [5, 5.41) is 10.1. The van der Waals surface area contributed by atoms with E-state index in [1.54, 1.807) is 5.57 Å². The van der Waals surface area contributed by atoms with Gasteiger partial charge in [0.1, 0.15) is 0 Å². The van der Waals surface area contributed by atoms with Crippen LogP contribution in [0.1, 0.15) is 72.1 Å². The minimum absolute atomic E-state index is 0.0109. The molecule has 1 heteroatoms. The highest BCUT2D eigenvalue weighted by Crippen LogP contribution is 2.64. The van der Waals surface area contributed by atoms with Crippen LogP contribution in [0.15, 0.2) is 11.6 Å². The van der Waals surface area contributed by atoms with Gasteiger partial charge >= 0.3 is 0 Å².